The molecule has 1 aliphatic heterocycles. The molecule has 1 saturated heterocycles. The maximum atomic E-state index is 12.7. The van der Waals surface area contributed by atoms with Crippen LogP contribution in [0.3, 0.4) is 0 Å². The monoisotopic (exact) mass is 428 g/mol. The lowest BCUT2D eigenvalue weighted by atomic mass is 10.2. The molecule has 0 unspecified atom stereocenters. The molecule has 2 aromatic carbocycles. The molecule has 0 radical (unpaired) electrons. The number of amides is 2. The number of hydrogen-bond acceptors (Lipinski definition) is 6. The molecular formula is C21H20N2O4S2. The summed E-state index contributed by atoms with van der Waals surface area (Å²) in [7, 11) is 1.55. The molecule has 150 valence electrons. The SMILES string of the molecule is CCOc1ccc(/C=C2\SC(=S)N(CC(=O)Nc3cccc(OC)c3)C2=O)cc1. The Morgan fingerprint density at radius 1 is 1.21 bits per heavy atom. The molecule has 1 heterocycles. The van der Waals surface area contributed by atoms with E-state index in [9.17, 15) is 9.59 Å². The van der Waals surface area contributed by atoms with Gasteiger partial charge in [0, 0.05) is 11.8 Å². The molecule has 1 N–H and O–H groups in total. The largest absolute Gasteiger partial charge is 0.497 e. The number of carbonyl (C=O) groups excluding carboxylic acids is 2. The van der Waals surface area contributed by atoms with Crippen LogP contribution < -0.4 is 14.8 Å². The lowest BCUT2D eigenvalue weighted by Gasteiger charge is -2.14. The zero-order chi connectivity index (χ0) is 20.8. The zero-order valence-corrected chi connectivity index (χ0v) is 17.6. The fraction of sp³-hybridized carbons (Fsp3) is 0.190. The van der Waals surface area contributed by atoms with Gasteiger partial charge in [-0.15, -0.1) is 0 Å². The third kappa shape index (κ3) is 5.36. The minimum Gasteiger partial charge on any atom is -0.497 e. The summed E-state index contributed by atoms with van der Waals surface area (Å²) >= 11 is 6.48. The fourth-order valence-electron chi connectivity index (χ4n) is 2.66. The van der Waals surface area contributed by atoms with Crippen molar-refractivity contribution in [1.82, 2.24) is 4.90 Å². The number of hydrogen-bond donors (Lipinski definition) is 1. The first kappa shape index (κ1) is 20.9. The number of benzene rings is 2. The third-order valence-corrected chi connectivity index (χ3v) is 5.40. The van der Waals surface area contributed by atoms with Crippen LogP contribution in [0.2, 0.25) is 0 Å². The Balaban J connectivity index is 1.65. The van der Waals surface area contributed by atoms with Gasteiger partial charge in [0.2, 0.25) is 5.91 Å². The number of nitrogens with one attached hydrogen (secondary N) is 1. The van der Waals surface area contributed by atoms with Crippen LogP contribution in [-0.4, -0.2) is 41.3 Å². The van der Waals surface area contributed by atoms with Gasteiger partial charge in [-0.2, -0.15) is 0 Å². The first-order valence-electron chi connectivity index (χ1n) is 8.92. The number of thioether (sulfide) groups is 1. The summed E-state index contributed by atoms with van der Waals surface area (Å²) in [6, 6.07) is 14.4. The lowest BCUT2D eigenvalue weighted by molar-refractivity contribution is -0.126. The second kappa shape index (κ2) is 9.58. The van der Waals surface area contributed by atoms with Gasteiger partial charge in [0.15, 0.2) is 0 Å². The van der Waals surface area contributed by atoms with Crippen molar-refractivity contribution in [1.29, 1.82) is 0 Å². The maximum absolute atomic E-state index is 12.7. The Kier molecular flexibility index (Phi) is 6.90. The predicted octanol–water partition coefficient (Wildman–Crippen LogP) is 3.93. The molecule has 0 atom stereocenters. The summed E-state index contributed by atoms with van der Waals surface area (Å²) in [6.07, 6.45) is 1.76. The first-order valence-corrected chi connectivity index (χ1v) is 10.1. The highest BCUT2D eigenvalue weighted by Gasteiger charge is 2.33. The minimum absolute atomic E-state index is 0.150. The van der Waals surface area contributed by atoms with E-state index in [0.717, 1.165) is 11.3 Å². The van der Waals surface area contributed by atoms with Crippen molar-refractivity contribution in [2.75, 3.05) is 25.6 Å². The van der Waals surface area contributed by atoms with Crippen molar-refractivity contribution < 1.29 is 19.1 Å². The summed E-state index contributed by atoms with van der Waals surface area (Å²) < 4.78 is 10.9. The summed E-state index contributed by atoms with van der Waals surface area (Å²) in [5, 5.41) is 2.75. The average molecular weight is 429 g/mol. The van der Waals surface area contributed by atoms with Gasteiger partial charge in [0.25, 0.3) is 5.91 Å². The van der Waals surface area contributed by atoms with E-state index in [1.165, 1.54) is 16.7 Å². The van der Waals surface area contributed by atoms with Gasteiger partial charge < -0.3 is 14.8 Å². The van der Waals surface area contributed by atoms with Gasteiger partial charge in [-0.1, -0.05) is 42.2 Å². The number of methoxy groups -OCH3 is 1. The molecule has 8 heteroatoms. The first-order chi connectivity index (χ1) is 14.0. The quantitative estimate of drug-likeness (QED) is 0.532. The molecule has 0 spiro atoms. The Morgan fingerprint density at radius 2 is 1.97 bits per heavy atom. The van der Waals surface area contributed by atoms with E-state index >= 15 is 0 Å². The zero-order valence-electron chi connectivity index (χ0n) is 16.0. The number of carbonyl (C=O) groups is 2. The smallest absolute Gasteiger partial charge is 0.266 e. The second-order valence-corrected chi connectivity index (χ2v) is 7.73. The molecule has 0 aliphatic carbocycles. The van der Waals surface area contributed by atoms with Crippen LogP contribution in [0, 0.1) is 0 Å². The van der Waals surface area contributed by atoms with E-state index in [1.807, 2.05) is 31.2 Å². The summed E-state index contributed by atoms with van der Waals surface area (Å²) in [4.78, 5) is 26.9. The summed E-state index contributed by atoms with van der Waals surface area (Å²) in [5.74, 6) is 0.782. The third-order valence-electron chi connectivity index (χ3n) is 4.02. The van der Waals surface area contributed by atoms with Gasteiger partial charge in [-0.05, 0) is 42.8 Å². The molecule has 0 saturated carbocycles. The van der Waals surface area contributed by atoms with Crippen molar-refractivity contribution in [3.05, 3.63) is 59.0 Å². The maximum Gasteiger partial charge on any atom is 0.266 e. The molecule has 29 heavy (non-hydrogen) atoms. The Labute approximate surface area is 178 Å². The number of thiocarbonyl (C=S) groups is 1. The van der Waals surface area contributed by atoms with Crippen LogP contribution in [-0.2, 0) is 9.59 Å². The van der Waals surface area contributed by atoms with Crippen LogP contribution in [0.25, 0.3) is 6.08 Å². The highest BCUT2D eigenvalue weighted by molar-refractivity contribution is 8.26. The second-order valence-electron chi connectivity index (χ2n) is 6.05. The van der Waals surface area contributed by atoms with Crippen LogP contribution in [0.5, 0.6) is 11.5 Å². The van der Waals surface area contributed by atoms with E-state index in [0.29, 0.717) is 27.3 Å². The van der Waals surface area contributed by atoms with E-state index in [-0.39, 0.29) is 18.4 Å². The Morgan fingerprint density at radius 3 is 2.66 bits per heavy atom. The van der Waals surface area contributed by atoms with E-state index < -0.39 is 0 Å². The normalized spacial score (nSPS) is 15.0. The minimum atomic E-state index is -0.336. The topological polar surface area (TPSA) is 67.9 Å². The molecule has 2 aromatic rings. The molecule has 1 aliphatic rings. The Hall–Kier alpha value is -2.84. The van der Waals surface area contributed by atoms with E-state index in [2.05, 4.69) is 5.32 Å². The molecule has 3 rings (SSSR count). The number of ether oxygens (including phenoxy) is 2. The van der Waals surface area contributed by atoms with Crippen molar-refractivity contribution in [2.24, 2.45) is 0 Å². The molecular weight excluding hydrogens is 408 g/mol. The lowest BCUT2D eigenvalue weighted by Crippen LogP contribution is -2.36. The van der Waals surface area contributed by atoms with Gasteiger partial charge in [0.05, 0.1) is 18.6 Å². The molecule has 1 fully saturated rings. The number of anilines is 1. The van der Waals surface area contributed by atoms with E-state index in [4.69, 9.17) is 21.7 Å². The average Bonchev–Trinajstić information content (AvgIpc) is 2.97. The molecule has 0 aromatic heterocycles. The highest BCUT2D eigenvalue weighted by Crippen LogP contribution is 2.32. The van der Waals surface area contributed by atoms with Crippen molar-refractivity contribution >= 4 is 51.9 Å². The van der Waals surface area contributed by atoms with Crippen LogP contribution in [0.4, 0.5) is 5.69 Å². The Bertz CT molecular complexity index is 957. The predicted molar refractivity (Wildman–Crippen MR) is 119 cm³/mol. The van der Waals surface area contributed by atoms with Crippen molar-refractivity contribution in [2.45, 2.75) is 6.92 Å². The highest BCUT2D eigenvalue weighted by atomic mass is 32.2. The van der Waals surface area contributed by atoms with Gasteiger partial charge in [-0.25, -0.2) is 0 Å². The van der Waals surface area contributed by atoms with Gasteiger partial charge in [-0.3, -0.25) is 14.5 Å². The van der Waals surface area contributed by atoms with Crippen LogP contribution in [0.1, 0.15) is 12.5 Å². The fourth-order valence-corrected chi connectivity index (χ4v) is 3.91. The van der Waals surface area contributed by atoms with Gasteiger partial charge in [0.1, 0.15) is 22.4 Å². The standard InChI is InChI=1S/C21H20N2O4S2/c1-3-27-16-9-7-14(8-10-16)11-18-20(25)23(21(28)29-18)13-19(24)22-15-5-4-6-17(12-15)26-2/h4-12H,3,13H2,1-2H3,(H,22,24)/b18-11-. The number of nitrogens with zero attached hydrogens (tertiary/aromatic N) is 1. The van der Waals surface area contributed by atoms with Crippen molar-refractivity contribution in [3.63, 3.8) is 0 Å². The molecule has 0 bridgehead atoms. The van der Waals surface area contributed by atoms with E-state index in [1.54, 1.807) is 37.5 Å². The number of rotatable bonds is 7. The van der Waals surface area contributed by atoms with Crippen LogP contribution >= 0.6 is 24.0 Å². The molecule has 6 nitrogen and oxygen atoms in total. The molecule has 2 amide bonds. The summed E-state index contributed by atoms with van der Waals surface area (Å²) in [6.45, 7) is 2.36. The van der Waals surface area contributed by atoms with Crippen molar-refractivity contribution in [3.8, 4) is 11.5 Å². The summed E-state index contributed by atoms with van der Waals surface area (Å²) in [5.41, 5.74) is 1.44. The van der Waals surface area contributed by atoms with Gasteiger partial charge >= 0.3 is 0 Å². The van der Waals surface area contributed by atoms with Crippen LogP contribution in [0.15, 0.2) is 53.4 Å².